The number of carbonyl (C=O) groups excluding carboxylic acids is 1. The van der Waals surface area contributed by atoms with Gasteiger partial charge in [-0.25, -0.2) is 4.39 Å². The molecule has 1 aromatic heterocycles. The molecule has 0 radical (unpaired) electrons. The molecule has 25 heavy (non-hydrogen) atoms. The summed E-state index contributed by atoms with van der Waals surface area (Å²) in [5.41, 5.74) is 2.23. The highest BCUT2D eigenvalue weighted by Gasteiger charge is 2.10. The number of rotatable bonds is 6. The van der Waals surface area contributed by atoms with Crippen molar-refractivity contribution in [3.8, 4) is 11.4 Å². The Kier molecular flexibility index (Phi) is 5.18. The van der Waals surface area contributed by atoms with Gasteiger partial charge >= 0.3 is 0 Å². The Balaban J connectivity index is 1.50. The van der Waals surface area contributed by atoms with E-state index in [-0.39, 0.29) is 18.0 Å². The standard InChI is InChI=1S/C19H18FN3O2/c1-13-9-11-14(12-10-13)19-22-18(25-23-19)8-4-7-17(24)21-16-6-3-2-5-15(16)20/h2-3,5-6,9-12H,4,7-8H2,1H3,(H,21,24). The molecule has 1 amide bonds. The van der Waals surface area contributed by atoms with Crippen LogP contribution in [0.3, 0.4) is 0 Å². The predicted octanol–water partition coefficient (Wildman–Crippen LogP) is 4.15. The topological polar surface area (TPSA) is 68.0 Å². The van der Waals surface area contributed by atoms with Gasteiger partial charge in [-0.2, -0.15) is 4.98 Å². The van der Waals surface area contributed by atoms with Crippen molar-refractivity contribution in [2.45, 2.75) is 26.2 Å². The van der Waals surface area contributed by atoms with E-state index >= 15 is 0 Å². The van der Waals surface area contributed by atoms with E-state index in [1.807, 2.05) is 31.2 Å². The quantitative estimate of drug-likeness (QED) is 0.733. The molecule has 0 saturated carbocycles. The number of anilines is 1. The largest absolute Gasteiger partial charge is 0.339 e. The van der Waals surface area contributed by atoms with E-state index in [4.69, 9.17) is 4.52 Å². The van der Waals surface area contributed by atoms with Gasteiger partial charge in [0.15, 0.2) is 0 Å². The minimum atomic E-state index is -0.449. The van der Waals surface area contributed by atoms with Gasteiger partial charge in [0.25, 0.3) is 0 Å². The molecule has 0 spiro atoms. The van der Waals surface area contributed by atoms with E-state index < -0.39 is 5.82 Å². The summed E-state index contributed by atoms with van der Waals surface area (Å²) in [5.74, 6) is 0.318. The number of hydrogen-bond donors (Lipinski definition) is 1. The Bertz CT molecular complexity index is 859. The fourth-order valence-corrected chi connectivity index (χ4v) is 2.35. The summed E-state index contributed by atoms with van der Waals surface area (Å²) < 4.78 is 18.7. The molecule has 128 valence electrons. The zero-order chi connectivity index (χ0) is 17.6. The zero-order valence-corrected chi connectivity index (χ0v) is 13.8. The van der Waals surface area contributed by atoms with E-state index in [0.717, 1.165) is 11.1 Å². The minimum absolute atomic E-state index is 0.187. The fraction of sp³-hybridized carbons (Fsp3) is 0.211. The molecule has 5 nitrogen and oxygen atoms in total. The summed E-state index contributed by atoms with van der Waals surface area (Å²) in [6.07, 6.45) is 1.27. The maximum atomic E-state index is 13.5. The number of halogens is 1. The molecule has 2 aromatic carbocycles. The summed E-state index contributed by atoms with van der Waals surface area (Å²) in [7, 11) is 0. The molecule has 0 fully saturated rings. The van der Waals surface area contributed by atoms with Crippen LogP contribution in [0.2, 0.25) is 0 Å². The minimum Gasteiger partial charge on any atom is -0.339 e. The monoisotopic (exact) mass is 339 g/mol. The maximum Gasteiger partial charge on any atom is 0.226 e. The van der Waals surface area contributed by atoms with Gasteiger partial charge in [0.1, 0.15) is 5.82 Å². The van der Waals surface area contributed by atoms with Crippen LogP contribution in [-0.4, -0.2) is 16.0 Å². The number of hydrogen-bond acceptors (Lipinski definition) is 4. The second-order valence-corrected chi connectivity index (χ2v) is 5.76. The fourth-order valence-electron chi connectivity index (χ4n) is 2.35. The van der Waals surface area contributed by atoms with Crippen LogP contribution in [0.4, 0.5) is 10.1 Å². The molecule has 3 rings (SSSR count). The number of aromatic nitrogens is 2. The van der Waals surface area contributed by atoms with E-state index in [1.165, 1.54) is 12.1 Å². The molecule has 0 bridgehead atoms. The number of nitrogens with one attached hydrogen (secondary N) is 1. The average Bonchev–Trinajstić information content (AvgIpc) is 3.06. The van der Waals surface area contributed by atoms with Crippen LogP contribution >= 0.6 is 0 Å². The van der Waals surface area contributed by atoms with Crippen LogP contribution < -0.4 is 5.32 Å². The van der Waals surface area contributed by atoms with E-state index in [2.05, 4.69) is 15.5 Å². The Morgan fingerprint density at radius 1 is 1.16 bits per heavy atom. The first-order chi connectivity index (χ1) is 12.1. The number of aryl methyl sites for hydroxylation is 2. The molecule has 6 heteroatoms. The normalized spacial score (nSPS) is 10.6. The molecule has 0 saturated heterocycles. The first-order valence-corrected chi connectivity index (χ1v) is 8.06. The first kappa shape index (κ1) is 16.8. The highest BCUT2D eigenvalue weighted by atomic mass is 19.1. The Hall–Kier alpha value is -3.02. The molecular formula is C19H18FN3O2. The van der Waals surface area contributed by atoms with Crippen molar-refractivity contribution in [3.05, 3.63) is 65.8 Å². The van der Waals surface area contributed by atoms with Crippen LogP contribution in [0.5, 0.6) is 0 Å². The third-order valence-electron chi connectivity index (χ3n) is 3.72. The molecule has 0 aliphatic carbocycles. The average molecular weight is 339 g/mol. The number of para-hydroxylation sites is 1. The summed E-state index contributed by atoms with van der Waals surface area (Å²) >= 11 is 0. The van der Waals surface area contributed by atoms with Crippen LogP contribution in [0, 0.1) is 12.7 Å². The van der Waals surface area contributed by atoms with Gasteiger partial charge in [-0.15, -0.1) is 0 Å². The van der Waals surface area contributed by atoms with Crippen LogP contribution in [0.1, 0.15) is 24.3 Å². The zero-order valence-electron chi connectivity index (χ0n) is 13.8. The second kappa shape index (κ2) is 7.70. The lowest BCUT2D eigenvalue weighted by molar-refractivity contribution is -0.116. The third-order valence-corrected chi connectivity index (χ3v) is 3.72. The Morgan fingerprint density at radius 2 is 1.92 bits per heavy atom. The second-order valence-electron chi connectivity index (χ2n) is 5.76. The van der Waals surface area contributed by atoms with Gasteiger partial charge in [-0.1, -0.05) is 47.1 Å². The van der Waals surface area contributed by atoms with E-state index in [1.54, 1.807) is 12.1 Å². The smallest absolute Gasteiger partial charge is 0.226 e. The molecule has 0 aliphatic rings. The number of benzene rings is 2. The van der Waals surface area contributed by atoms with Crippen molar-refractivity contribution >= 4 is 11.6 Å². The molecule has 0 unspecified atom stereocenters. The molecular weight excluding hydrogens is 321 g/mol. The third kappa shape index (κ3) is 4.50. The van der Waals surface area contributed by atoms with Gasteiger partial charge in [0.2, 0.25) is 17.6 Å². The maximum absolute atomic E-state index is 13.5. The molecule has 0 aliphatic heterocycles. The summed E-state index contributed by atoms with van der Waals surface area (Å²) in [6, 6.07) is 13.9. The molecule has 1 N–H and O–H groups in total. The van der Waals surface area contributed by atoms with E-state index in [9.17, 15) is 9.18 Å². The van der Waals surface area contributed by atoms with Crippen LogP contribution in [0.25, 0.3) is 11.4 Å². The number of nitrogens with zero attached hydrogens (tertiary/aromatic N) is 2. The number of amides is 1. The summed E-state index contributed by atoms with van der Waals surface area (Å²) in [5, 5.41) is 6.51. The van der Waals surface area contributed by atoms with E-state index in [0.29, 0.717) is 24.6 Å². The van der Waals surface area contributed by atoms with Gasteiger partial charge in [-0.05, 0) is 25.5 Å². The predicted molar refractivity (Wildman–Crippen MR) is 92.4 cm³/mol. The summed E-state index contributed by atoms with van der Waals surface area (Å²) in [4.78, 5) is 16.2. The molecule has 3 aromatic rings. The van der Waals surface area contributed by atoms with Crippen molar-refractivity contribution in [3.63, 3.8) is 0 Å². The van der Waals surface area contributed by atoms with Crippen molar-refractivity contribution < 1.29 is 13.7 Å². The van der Waals surface area contributed by atoms with Crippen LogP contribution in [-0.2, 0) is 11.2 Å². The summed E-state index contributed by atoms with van der Waals surface area (Å²) in [6.45, 7) is 2.01. The highest BCUT2D eigenvalue weighted by Crippen LogP contribution is 2.17. The number of carbonyl (C=O) groups is 1. The lowest BCUT2D eigenvalue weighted by Gasteiger charge is -2.05. The first-order valence-electron chi connectivity index (χ1n) is 8.06. The van der Waals surface area contributed by atoms with Gasteiger partial charge in [0, 0.05) is 18.4 Å². The van der Waals surface area contributed by atoms with Crippen molar-refractivity contribution in [1.82, 2.24) is 10.1 Å². The lowest BCUT2D eigenvalue weighted by Crippen LogP contribution is -2.12. The Morgan fingerprint density at radius 3 is 2.68 bits per heavy atom. The van der Waals surface area contributed by atoms with Crippen molar-refractivity contribution in [1.29, 1.82) is 0 Å². The highest BCUT2D eigenvalue weighted by molar-refractivity contribution is 5.90. The van der Waals surface area contributed by atoms with Crippen LogP contribution in [0.15, 0.2) is 53.1 Å². The van der Waals surface area contributed by atoms with Crippen molar-refractivity contribution in [2.75, 3.05) is 5.32 Å². The lowest BCUT2D eigenvalue weighted by atomic mass is 10.1. The Labute approximate surface area is 144 Å². The van der Waals surface area contributed by atoms with Gasteiger partial charge in [0.05, 0.1) is 5.69 Å². The SMILES string of the molecule is Cc1ccc(-c2noc(CCCC(=O)Nc3ccccc3F)n2)cc1. The molecule has 1 heterocycles. The van der Waals surface area contributed by atoms with Gasteiger partial charge in [-0.3, -0.25) is 4.79 Å². The molecule has 0 atom stereocenters. The van der Waals surface area contributed by atoms with Crippen molar-refractivity contribution in [2.24, 2.45) is 0 Å². The van der Waals surface area contributed by atoms with Gasteiger partial charge < -0.3 is 9.84 Å².